The Morgan fingerprint density at radius 2 is 1.60 bits per heavy atom. The molecule has 2 aliphatic rings. The van der Waals surface area contributed by atoms with Gasteiger partial charge in [0.15, 0.2) is 5.82 Å². The van der Waals surface area contributed by atoms with Crippen molar-refractivity contribution in [1.82, 2.24) is 14.5 Å². The minimum atomic E-state index is -0.579. The minimum Gasteiger partial charge on any atom is -0.490 e. The molecule has 0 bridgehead atoms. The van der Waals surface area contributed by atoms with Gasteiger partial charge in [-0.05, 0) is 116 Å². The zero-order valence-electron chi connectivity index (χ0n) is 29.8. The van der Waals surface area contributed by atoms with Crippen molar-refractivity contribution in [3.63, 3.8) is 0 Å². The molecule has 0 saturated carbocycles. The molecule has 0 spiro atoms. The smallest absolute Gasteiger partial charge is 0.298 e. The summed E-state index contributed by atoms with van der Waals surface area (Å²) in [6, 6.07) is 17.0. The predicted octanol–water partition coefficient (Wildman–Crippen LogP) is 8.16. The van der Waals surface area contributed by atoms with Crippen LogP contribution < -0.4 is 26.7 Å². The van der Waals surface area contributed by atoms with E-state index < -0.39 is 11.5 Å². The molecule has 0 aliphatic carbocycles. The lowest BCUT2D eigenvalue weighted by Crippen LogP contribution is -2.29. The fraction of sp³-hybridized carbons (Fsp3) is 0.375. The molecule has 6 rings (SSSR count). The van der Waals surface area contributed by atoms with Crippen LogP contribution in [0.3, 0.4) is 0 Å². The molecule has 0 atom stereocenters. The Morgan fingerprint density at radius 3 is 2.30 bits per heavy atom. The number of benzene rings is 2. The predicted molar refractivity (Wildman–Crippen MR) is 208 cm³/mol. The zero-order valence-corrected chi connectivity index (χ0v) is 30.6. The third-order valence-corrected chi connectivity index (χ3v) is 10.0. The van der Waals surface area contributed by atoms with Gasteiger partial charge in [-0.2, -0.15) is 0 Å². The number of nitrogens with zero attached hydrogens (tertiary/aromatic N) is 4. The van der Waals surface area contributed by atoms with Crippen LogP contribution in [0.1, 0.15) is 75.9 Å². The minimum absolute atomic E-state index is 0.144. The second-order valence-electron chi connectivity index (χ2n) is 13.3. The molecule has 4 aromatic rings. The number of hydrogen-bond acceptors (Lipinski definition) is 8. The van der Waals surface area contributed by atoms with E-state index in [2.05, 4.69) is 60.7 Å². The number of allylic oxidation sites excluding steroid dienone is 5. The Balaban J connectivity index is 0.000000213. The van der Waals surface area contributed by atoms with Crippen molar-refractivity contribution in [1.29, 1.82) is 0 Å². The highest BCUT2D eigenvalue weighted by Gasteiger charge is 2.22. The van der Waals surface area contributed by atoms with Crippen LogP contribution in [0.2, 0.25) is 0 Å². The van der Waals surface area contributed by atoms with Crippen LogP contribution in [0.15, 0.2) is 94.3 Å². The maximum Gasteiger partial charge on any atom is 0.298 e. The summed E-state index contributed by atoms with van der Waals surface area (Å²) in [6.07, 6.45) is 14.8. The molecule has 2 aromatic carbocycles. The van der Waals surface area contributed by atoms with E-state index in [0.29, 0.717) is 34.1 Å². The molecule has 2 aromatic heterocycles. The Morgan fingerprint density at radius 1 is 0.900 bits per heavy atom. The number of hydrogen-bond donors (Lipinski definition) is 2. The molecule has 1 fully saturated rings. The van der Waals surface area contributed by atoms with Gasteiger partial charge in [-0.15, -0.1) is 11.3 Å². The lowest BCUT2D eigenvalue weighted by Gasteiger charge is -2.31. The average Bonchev–Trinajstić information content (AvgIpc) is 3.78. The number of para-hydroxylation sites is 1. The summed E-state index contributed by atoms with van der Waals surface area (Å²) in [4.78, 5) is 34.2. The highest BCUT2D eigenvalue weighted by molar-refractivity contribution is 7.20. The van der Waals surface area contributed by atoms with Gasteiger partial charge in [0, 0.05) is 12.2 Å². The molecular weight excluding hydrogens is 645 g/mol. The summed E-state index contributed by atoms with van der Waals surface area (Å²) in [5, 5.41) is 0. The highest BCUT2D eigenvalue weighted by Crippen LogP contribution is 2.38. The Labute approximate surface area is 299 Å². The van der Waals surface area contributed by atoms with Crippen LogP contribution in [-0.2, 0) is 0 Å². The number of anilines is 3. The number of aromatic nitrogens is 2. The largest absolute Gasteiger partial charge is 0.490 e. The van der Waals surface area contributed by atoms with Crippen molar-refractivity contribution in [3.05, 3.63) is 105 Å². The van der Waals surface area contributed by atoms with E-state index in [1.54, 1.807) is 17.7 Å². The molecular formula is C40H50N6O3S. The summed E-state index contributed by atoms with van der Waals surface area (Å²) in [5.41, 5.74) is 18.3. The van der Waals surface area contributed by atoms with Crippen molar-refractivity contribution in [2.75, 3.05) is 43.4 Å². The zero-order chi connectivity index (χ0) is 35.6. The van der Waals surface area contributed by atoms with Crippen molar-refractivity contribution >= 4 is 44.8 Å². The van der Waals surface area contributed by atoms with Gasteiger partial charge in [-0.1, -0.05) is 53.1 Å². The molecule has 2 aliphatic heterocycles. The maximum atomic E-state index is 12.9. The lowest BCUT2D eigenvalue weighted by atomic mass is 10.1. The van der Waals surface area contributed by atoms with Crippen LogP contribution in [0, 0.1) is 0 Å². The van der Waals surface area contributed by atoms with E-state index in [1.807, 2.05) is 42.5 Å². The highest BCUT2D eigenvalue weighted by atomic mass is 32.1. The SMILES string of the molecule is CC(C)=CCC/C(C)=C/CC/C(C)=C/CN1CCCC1.NC(=O)c1cc2c(nc(N)c(=O)n2-c2ccc3c(c2)N(c2ccccc2)CCO3)s1. The molecule has 9 nitrogen and oxygen atoms in total. The number of primary amides is 1. The number of rotatable bonds is 11. The second-order valence-corrected chi connectivity index (χ2v) is 14.3. The number of ether oxygens (including phenoxy) is 1. The second kappa shape index (κ2) is 17.3. The average molecular weight is 695 g/mol. The van der Waals surface area contributed by atoms with E-state index in [-0.39, 0.29) is 5.82 Å². The van der Waals surface area contributed by atoms with Crippen LogP contribution in [0.25, 0.3) is 16.0 Å². The standard InChI is InChI=1S/C21H17N5O3S.C19H33N/c22-18-21(28)26(15-11-17(19(23)27)30-20(15)24-18)13-6-7-16-14(10-13)25(8-9-29-16)12-4-2-1-3-5-12;1-17(2)9-7-10-18(3)11-8-12-19(4)13-16-20-14-5-6-15-20/h1-7,10-11H,8-9H2,(H2,22,24)(H2,23,27);9,11,13H,5-8,10,12,14-16H2,1-4H3/b;18-11+,19-13+. The normalized spacial score (nSPS) is 14.9. The van der Waals surface area contributed by atoms with Crippen molar-refractivity contribution in [2.24, 2.45) is 5.73 Å². The molecule has 4 N–H and O–H groups in total. The number of nitrogen functional groups attached to an aromatic ring is 1. The van der Waals surface area contributed by atoms with E-state index >= 15 is 0 Å². The number of carbonyl (C=O) groups is 1. The summed E-state index contributed by atoms with van der Waals surface area (Å²) < 4.78 is 7.27. The Hall–Kier alpha value is -4.67. The van der Waals surface area contributed by atoms with Gasteiger partial charge in [0.2, 0.25) is 0 Å². The van der Waals surface area contributed by atoms with Crippen LogP contribution in [0.5, 0.6) is 5.75 Å². The van der Waals surface area contributed by atoms with Gasteiger partial charge in [0.05, 0.1) is 28.3 Å². The van der Waals surface area contributed by atoms with Crippen LogP contribution >= 0.6 is 11.3 Å². The van der Waals surface area contributed by atoms with Gasteiger partial charge in [0.1, 0.15) is 17.2 Å². The first-order valence-electron chi connectivity index (χ1n) is 17.5. The number of amides is 1. The third kappa shape index (κ3) is 9.52. The first-order chi connectivity index (χ1) is 24.1. The molecule has 1 saturated heterocycles. The number of fused-ring (bicyclic) bond motifs is 2. The van der Waals surface area contributed by atoms with E-state index in [0.717, 1.165) is 35.0 Å². The maximum absolute atomic E-state index is 12.9. The third-order valence-electron chi connectivity index (χ3n) is 8.97. The number of nitrogens with two attached hydrogens (primary N) is 2. The molecule has 0 radical (unpaired) electrons. The molecule has 50 heavy (non-hydrogen) atoms. The van der Waals surface area contributed by atoms with Gasteiger partial charge in [-0.3, -0.25) is 19.1 Å². The van der Waals surface area contributed by atoms with Crippen molar-refractivity contribution in [2.45, 2.75) is 66.2 Å². The van der Waals surface area contributed by atoms with Crippen LogP contribution in [-0.4, -0.2) is 53.1 Å². The molecule has 0 unspecified atom stereocenters. The first kappa shape index (κ1) is 36.6. The Bertz CT molecular complexity index is 1930. The summed E-state index contributed by atoms with van der Waals surface area (Å²) in [5.74, 6) is 0.00207. The quantitative estimate of drug-likeness (QED) is 0.152. The number of carbonyl (C=O) groups excluding carboxylic acids is 1. The lowest BCUT2D eigenvalue weighted by molar-refractivity contribution is 0.100. The molecule has 10 heteroatoms. The topological polar surface area (TPSA) is 120 Å². The summed E-state index contributed by atoms with van der Waals surface area (Å²) in [6.45, 7) is 13.9. The number of likely N-dealkylation sites (tertiary alicyclic amines) is 1. The molecule has 1 amide bonds. The first-order valence-corrected chi connectivity index (χ1v) is 18.3. The summed E-state index contributed by atoms with van der Waals surface area (Å²) in [7, 11) is 0. The van der Waals surface area contributed by atoms with Crippen molar-refractivity contribution < 1.29 is 9.53 Å². The summed E-state index contributed by atoms with van der Waals surface area (Å²) >= 11 is 1.10. The van der Waals surface area contributed by atoms with Crippen LogP contribution in [0.4, 0.5) is 17.2 Å². The van der Waals surface area contributed by atoms with Gasteiger partial charge >= 0.3 is 0 Å². The van der Waals surface area contributed by atoms with E-state index in [1.165, 1.54) is 67.3 Å². The van der Waals surface area contributed by atoms with E-state index in [4.69, 9.17) is 16.2 Å². The monoisotopic (exact) mass is 694 g/mol. The van der Waals surface area contributed by atoms with E-state index in [9.17, 15) is 9.59 Å². The van der Waals surface area contributed by atoms with Gasteiger partial charge < -0.3 is 21.1 Å². The van der Waals surface area contributed by atoms with Gasteiger partial charge in [-0.25, -0.2) is 4.98 Å². The molecule has 264 valence electrons. The fourth-order valence-electron chi connectivity index (χ4n) is 6.18. The number of thiophene rings is 1. The Kier molecular flexibility index (Phi) is 12.7. The van der Waals surface area contributed by atoms with Crippen molar-refractivity contribution in [3.8, 4) is 11.4 Å². The molecule has 4 heterocycles. The van der Waals surface area contributed by atoms with Gasteiger partial charge in [0.25, 0.3) is 11.5 Å². The fourth-order valence-corrected chi connectivity index (χ4v) is 7.06.